The number of nitrogens with zero attached hydrogens (tertiary/aromatic N) is 1. The molecule has 5 nitrogen and oxygen atoms in total. The fraction of sp³-hybridized carbons (Fsp3) is 0.588. The summed E-state index contributed by atoms with van der Waals surface area (Å²) < 4.78 is 5.19. The lowest BCUT2D eigenvalue weighted by Gasteiger charge is -2.42. The van der Waals surface area contributed by atoms with Crippen molar-refractivity contribution in [1.29, 1.82) is 0 Å². The van der Waals surface area contributed by atoms with Crippen molar-refractivity contribution >= 4 is 11.6 Å². The number of piperidine rings is 1. The van der Waals surface area contributed by atoms with Gasteiger partial charge in [0.2, 0.25) is 5.91 Å². The molecule has 1 aromatic rings. The first-order valence-corrected chi connectivity index (χ1v) is 8.25. The summed E-state index contributed by atoms with van der Waals surface area (Å²) >= 11 is 0. The maximum absolute atomic E-state index is 12.8. The van der Waals surface area contributed by atoms with E-state index in [2.05, 4.69) is 10.7 Å². The van der Waals surface area contributed by atoms with E-state index >= 15 is 0 Å². The average Bonchev–Trinajstić information content (AvgIpc) is 2.92. The lowest BCUT2D eigenvalue weighted by atomic mass is 9.73. The molecule has 2 aliphatic heterocycles. The Labute approximate surface area is 131 Å². The number of methoxy groups -OCH3 is 1. The van der Waals surface area contributed by atoms with E-state index in [1.54, 1.807) is 12.1 Å². The van der Waals surface area contributed by atoms with Crippen LogP contribution in [0.25, 0.3) is 0 Å². The van der Waals surface area contributed by atoms with E-state index in [1.165, 1.54) is 25.7 Å². The van der Waals surface area contributed by atoms with Gasteiger partial charge >= 0.3 is 0 Å². The van der Waals surface area contributed by atoms with E-state index in [1.807, 2.05) is 24.3 Å². The molecule has 1 amide bonds. The van der Waals surface area contributed by atoms with Crippen molar-refractivity contribution in [3.05, 3.63) is 24.3 Å². The number of nitrogens with one attached hydrogen (secondary N) is 2. The van der Waals surface area contributed by atoms with Crippen LogP contribution in [0.4, 0.5) is 5.69 Å². The van der Waals surface area contributed by atoms with Crippen LogP contribution in [0.1, 0.15) is 25.7 Å². The van der Waals surface area contributed by atoms with E-state index < -0.39 is 0 Å². The molecule has 22 heavy (non-hydrogen) atoms. The molecular weight excluding hydrogens is 278 g/mol. The molecule has 0 aromatic heterocycles. The molecule has 2 heterocycles. The molecule has 2 saturated heterocycles. The predicted molar refractivity (Wildman–Crippen MR) is 84.6 cm³/mol. The van der Waals surface area contributed by atoms with Crippen LogP contribution < -0.4 is 20.5 Å². The Kier molecular flexibility index (Phi) is 3.54. The Morgan fingerprint density at radius 1 is 1.18 bits per heavy atom. The number of anilines is 1. The third-order valence-corrected chi connectivity index (χ3v) is 5.46. The van der Waals surface area contributed by atoms with Gasteiger partial charge in [0, 0.05) is 18.6 Å². The first-order chi connectivity index (χ1) is 10.8. The van der Waals surface area contributed by atoms with Crippen LogP contribution in [-0.2, 0) is 4.79 Å². The van der Waals surface area contributed by atoms with Gasteiger partial charge in [-0.1, -0.05) is 12.8 Å². The first kappa shape index (κ1) is 14.0. The second kappa shape index (κ2) is 5.56. The van der Waals surface area contributed by atoms with Crippen molar-refractivity contribution in [1.82, 2.24) is 10.7 Å². The van der Waals surface area contributed by atoms with Gasteiger partial charge in [-0.3, -0.25) is 4.79 Å². The van der Waals surface area contributed by atoms with Gasteiger partial charge in [0.15, 0.2) is 0 Å². The van der Waals surface area contributed by atoms with Gasteiger partial charge in [-0.2, -0.15) is 0 Å². The lowest BCUT2D eigenvalue weighted by molar-refractivity contribution is -0.121. The van der Waals surface area contributed by atoms with Gasteiger partial charge in [0.1, 0.15) is 5.75 Å². The Morgan fingerprint density at radius 2 is 1.95 bits per heavy atom. The summed E-state index contributed by atoms with van der Waals surface area (Å²) in [5.41, 5.74) is 4.39. The topological polar surface area (TPSA) is 53.6 Å². The summed E-state index contributed by atoms with van der Waals surface area (Å²) in [7, 11) is 1.65. The molecule has 4 rings (SSSR count). The summed E-state index contributed by atoms with van der Waals surface area (Å²) in [4.78, 5) is 12.8. The van der Waals surface area contributed by atoms with Gasteiger partial charge in [-0.05, 0) is 43.0 Å². The zero-order chi connectivity index (χ0) is 15.1. The molecule has 0 bridgehead atoms. The van der Waals surface area contributed by atoms with Gasteiger partial charge in [0.05, 0.1) is 18.7 Å². The molecule has 118 valence electrons. The van der Waals surface area contributed by atoms with Gasteiger partial charge < -0.3 is 10.1 Å². The van der Waals surface area contributed by atoms with E-state index in [0.717, 1.165) is 18.0 Å². The highest BCUT2D eigenvalue weighted by Gasteiger charge is 2.49. The number of ether oxygens (including phenoxy) is 1. The van der Waals surface area contributed by atoms with E-state index in [0.29, 0.717) is 12.0 Å². The number of carbonyl (C=O) groups is 1. The highest BCUT2D eigenvalue weighted by molar-refractivity contribution is 5.97. The highest BCUT2D eigenvalue weighted by atomic mass is 16.5. The molecule has 3 fully saturated rings. The Morgan fingerprint density at radius 3 is 2.73 bits per heavy atom. The normalized spacial score (nSPS) is 34.2. The van der Waals surface area contributed by atoms with E-state index in [-0.39, 0.29) is 17.9 Å². The van der Waals surface area contributed by atoms with Crippen LogP contribution in [0.5, 0.6) is 5.75 Å². The van der Waals surface area contributed by atoms with Crippen LogP contribution >= 0.6 is 0 Å². The molecule has 3 aliphatic rings. The van der Waals surface area contributed by atoms with Crippen molar-refractivity contribution < 1.29 is 9.53 Å². The first-order valence-electron chi connectivity index (χ1n) is 8.25. The maximum Gasteiger partial charge on any atom is 0.247 e. The quantitative estimate of drug-likeness (QED) is 0.873. The lowest BCUT2D eigenvalue weighted by Crippen LogP contribution is -2.57. The minimum absolute atomic E-state index is 0.0569. The number of rotatable bonds is 2. The number of hydrogen-bond acceptors (Lipinski definition) is 4. The molecule has 1 saturated carbocycles. The monoisotopic (exact) mass is 301 g/mol. The molecule has 4 unspecified atom stereocenters. The van der Waals surface area contributed by atoms with E-state index in [9.17, 15) is 4.79 Å². The minimum Gasteiger partial charge on any atom is -0.497 e. The van der Waals surface area contributed by atoms with Crippen LogP contribution in [0, 0.1) is 11.8 Å². The second-order valence-corrected chi connectivity index (χ2v) is 6.60. The fourth-order valence-corrected chi connectivity index (χ4v) is 4.28. The van der Waals surface area contributed by atoms with Gasteiger partial charge in [0.25, 0.3) is 0 Å². The number of fused-ring (bicyclic) bond motifs is 3. The number of carbonyl (C=O) groups excluding carboxylic acids is 1. The van der Waals surface area contributed by atoms with Crippen LogP contribution in [0.3, 0.4) is 0 Å². The molecule has 2 N–H and O–H groups in total. The number of benzene rings is 1. The number of hydrogen-bond donors (Lipinski definition) is 2. The maximum atomic E-state index is 12.8. The van der Waals surface area contributed by atoms with Crippen molar-refractivity contribution in [2.45, 2.75) is 37.8 Å². The molecule has 1 aliphatic carbocycles. The van der Waals surface area contributed by atoms with E-state index in [4.69, 9.17) is 4.74 Å². The highest BCUT2D eigenvalue weighted by Crippen LogP contribution is 2.37. The summed E-state index contributed by atoms with van der Waals surface area (Å²) in [6.07, 6.45) is 5.05. The molecular formula is C17H23N3O2. The second-order valence-electron chi connectivity index (χ2n) is 6.60. The summed E-state index contributed by atoms with van der Waals surface area (Å²) in [6.45, 7) is 0.796. The SMILES string of the molecule is COc1ccc(N2NC3C(CNC4CCCCC43)C2=O)cc1. The van der Waals surface area contributed by atoms with Gasteiger partial charge in [-0.15, -0.1) is 0 Å². The average molecular weight is 301 g/mol. The standard InChI is InChI=1S/C17H23N3O2/c1-22-12-8-6-11(7-9-12)20-17(21)14-10-18-15-5-3-2-4-13(15)16(14)19-20/h6-9,13-16,18-19H,2-5,10H2,1H3. The Bertz CT molecular complexity index is 560. The summed E-state index contributed by atoms with van der Waals surface area (Å²) in [5, 5.41) is 5.35. The van der Waals surface area contributed by atoms with Crippen molar-refractivity contribution in [3.8, 4) is 5.75 Å². The molecule has 0 spiro atoms. The third-order valence-electron chi connectivity index (χ3n) is 5.46. The molecule has 0 radical (unpaired) electrons. The van der Waals surface area contributed by atoms with Crippen LogP contribution in [0.2, 0.25) is 0 Å². The molecule has 4 atom stereocenters. The van der Waals surface area contributed by atoms with Gasteiger partial charge in [-0.25, -0.2) is 10.4 Å². The smallest absolute Gasteiger partial charge is 0.247 e. The van der Waals surface area contributed by atoms with Crippen molar-refractivity contribution in [2.24, 2.45) is 11.8 Å². The summed E-state index contributed by atoms with van der Waals surface area (Å²) in [5.74, 6) is 1.62. The van der Waals surface area contributed by atoms with Crippen molar-refractivity contribution in [3.63, 3.8) is 0 Å². The number of hydrazine groups is 1. The minimum atomic E-state index is 0.0569. The Balaban J connectivity index is 1.57. The van der Waals surface area contributed by atoms with Crippen LogP contribution in [0.15, 0.2) is 24.3 Å². The summed E-state index contributed by atoms with van der Waals surface area (Å²) in [6, 6.07) is 8.52. The Hall–Kier alpha value is -1.59. The molecule has 1 aromatic carbocycles. The fourth-order valence-electron chi connectivity index (χ4n) is 4.28. The zero-order valence-corrected chi connectivity index (χ0v) is 12.9. The molecule has 5 heteroatoms. The largest absolute Gasteiger partial charge is 0.497 e. The number of amides is 1. The van der Waals surface area contributed by atoms with Crippen molar-refractivity contribution in [2.75, 3.05) is 18.7 Å². The third kappa shape index (κ3) is 2.20. The predicted octanol–water partition coefficient (Wildman–Crippen LogP) is 1.69. The van der Waals surface area contributed by atoms with Crippen LogP contribution in [-0.4, -0.2) is 31.6 Å². The zero-order valence-electron chi connectivity index (χ0n) is 12.9.